The zero-order valence-electron chi connectivity index (χ0n) is 5.55. The number of aliphatic hydroxyl groups is 4. The maximum Gasteiger partial charge on any atom is 0.114 e. The highest BCUT2D eigenvalue weighted by Gasteiger charge is 2.35. The molecule has 0 heterocycles. The minimum absolute atomic E-state index is 0.294. The zero-order valence-corrected chi connectivity index (χ0v) is 7.14. The summed E-state index contributed by atoms with van der Waals surface area (Å²) in [5.41, 5.74) is 0. The maximum absolute atomic E-state index is 9.10. The largest absolute Gasteiger partial charge is 0.387 e. The van der Waals surface area contributed by atoms with E-state index in [1.807, 2.05) is 0 Å². The highest BCUT2D eigenvalue weighted by atomic mass is 79.9. The van der Waals surface area contributed by atoms with Gasteiger partial charge in [0.2, 0.25) is 0 Å². The van der Waals surface area contributed by atoms with Crippen LogP contribution < -0.4 is 0 Å². The molecular formula is C6H9BrO4. The Morgan fingerprint density at radius 3 is 2.18 bits per heavy atom. The molecule has 4 nitrogen and oxygen atoms in total. The second kappa shape index (κ2) is 3.20. The predicted octanol–water partition coefficient (Wildman–Crippen LogP) is -1.28. The molecule has 11 heavy (non-hydrogen) atoms. The molecule has 0 spiro atoms. The van der Waals surface area contributed by atoms with Crippen LogP contribution in [-0.2, 0) is 0 Å². The molecule has 0 fully saturated rings. The van der Waals surface area contributed by atoms with Gasteiger partial charge in [0.15, 0.2) is 0 Å². The van der Waals surface area contributed by atoms with Crippen LogP contribution in [0.1, 0.15) is 0 Å². The molecule has 1 aliphatic carbocycles. The van der Waals surface area contributed by atoms with Crippen molar-refractivity contribution in [3.8, 4) is 0 Å². The minimum Gasteiger partial charge on any atom is -0.387 e. The van der Waals surface area contributed by atoms with Crippen molar-refractivity contribution in [2.75, 3.05) is 0 Å². The van der Waals surface area contributed by atoms with Crippen molar-refractivity contribution in [1.29, 1.82) is 0 Å². The second-order valence-corrected chi connectivity index (χ2v) is 3.38. The summed E-state index contributed by atoms with van der Waals surface area (Å²) in [7, 11) is 0. The van der Waals surface area contributed by atoms with Gasteiger partial charge in [0.05, 0.1) is 0 Å². The summed E-state index contributed by atoms with van der Waals surface area (Å²) in [6, 6.07) is 0. The third-order valence-corrected chi connectivity index (χ3v) is 2.37. The first-order chi connectivity index (χ1) is 5.04. The first kappa shape index (κ1) is 9.15. The van der Waals surface area contributed by atoms with E-state index < -0.39 is 24.4 Å². The summed E-state index contributed by atoms with van der Waals surface area (Å²) in [5, 5.41) is 36.2. The minimum atomic E-state index is -1.33. The Hall–Kier alpha value is 0.0600. The molecule has 0 saturated heterocycles. The lowest BCUT2D eigenvalue weighted by atomic mass is 9.96. The lowest BCUT2D eigenvalue weighted by Crippen LogP contribution is -2.47. The van der Waals surface area contributed by atoms with Gasteiger partial charge in [-0.2, -0.15) is 0 Å². The SMILES string of the molecule is O[C@@H]1[C@H](O)[C@H](O)C(Br)=C[C@H]1O. The molecular weight excluding hydrogens is 216 g/mol. The standard InChI is InChI=1S/C6H9BrO4/c7-2-1-3(8)5(10)6(11)4(2)9/h1,3-6,8-11H/t3-,4-,5+,6-/m1/s1. The molecule has 0 aromatic heterocycles. The van der Waals surface area contributed by atoms with E-state index in [9.17, 15) is 0 Å². The van der Waals surface area contributed by atoms with Crippen LogP contribution in [0.2, 0.25) is 0 Å². The van der Waals surface area contributed by atoms with Crippen LogP contribution in [0, 0.1) is 0 Å². The average Bonchev–Trinajstić information content (AvgIpc) is 1.97. The van der Waals surface area contributed by atoms with Gasteiger partial charge >= 0.3 is 0 Å². The molecule has 1 aliphatic rings. The number of aliphatic hydroxyl groups excluding tert-OH is 4. The Morgan fingerprint density at radius 1 is 1.09 bits per heavy atom. The van der Waals surface area contributed by atoms with Crippen LogP contribution in [0.5, 0.6) is 0 Å². The monoisotopic (exact) mass is 224 g/mol. The highest BCUT2D eigenvalue weighted by Crippen LogP contribution is 2.23. The lowest BCUT2D eigenvalue weighted by Gasteiger charge is -2.29. The average molecular weight is 225 g/mol. The Bertz CT molecular complexity index is 181. The van der Waals surface area contributed by atoms with Crippen LogP contribution in [0.15, 0.2) is 10.6 Å². The van der Waals surface area contributed by atoms with Gasteiger partial charge in [-0.05, 0) is 6.08 Å². The number of halogens is 1. The highest BCUT2D eigenvalue weighted by molar-refractivity contribution is 9.11. The summed E-state index contributed by atoms with van der Waals surface area (Å²) in [6.45, 7) is 0. The third kappa shape index (κ3) is 1.62. The van der Waals surface area contributed by atoms with Crippen molar-refractivity contribution in [2.45, 2.75) is 24.4 Å². The lowest BCUT2D eigenvalue weighted by molar-refractivity contribution is -0.0894. The number of rotatable bonds is 0. The van der Waals surface area contributed by atoms with Gasteiger partial charge in [0, 0.05) is 4.48 Å². The Labute approximate surface area is 71.9 Å². The smallest absolute Gasteiger partial charge is 0.114 e. The summed E-state index contributed by atoms with van der Waals surface area (Å²) in [6.07, 6.45) is -3.66. The topological polar surface area (TPSA) is 80.9 Å². The molecule has 4 atom stereocenters. The number of hydrogen-bond donors (Lipinski definition) is 4. The fourth-order valence-corrected chi connectivity index (χ4v) is 1.45. The van der Waals surface area contributed by atoms with E-state index in [1.54, 1.807) is 0 Å². The summed E-state index contributed by atoms with van der Waals surface area (Å²) >= 11 is 2.94. The van der Waals surface area contributed by atoms with Gasteiger partial charge in [-0.3, -0.25) is 0 Å². The van der Waals surface area contributed by atoms with E-state index in [0.717, 1.165) is 0 Å². The molecule has 0 saturated carbocycles. The van der Waals surface area contributed by atoms with Crippen molar-refractivity contribution < 1.29 is 20.4 Å². The van der Waals surface area contributed by atoms with Gasteiger partial charge in [0.1, 0.15) is 24.4 Å². The molecule has 64 valence electrons. The van der Waals surface area contributed by atoms with Crippen molar-refractivity contribution >= 4 is 15.9 Å². The van der Waals surface area contributed by atoms with E-state index in [-0.39, 0.29) is 0 Å². The van der Waals surface area contributed by atoms with E-state index in [0.29, 0.717) is 4.48 Å². The van der Waals surface area contributed by atoms with Crippen molar-refractivity contribution in [1.82, 2.24) is 0 Å². The molecule has 5 heteroatoms. The van der Waals surface area contributed by atoms with Gasteiger partial charge in [-0.15, -0.1) is 0 Å². The van der Waals surface area contributed by atoms with Gasteiger partial charge in [-0.1, -0.05) is 15.9 Å². The number of hydrogen-bond acceptors (Lipinski definition) is 4. The Morgan fingerprint density at radius 2 is 1.64 bits per heavy atom. The first-order valence-corrected chi connectivity index (χ1v) is 3.93. The van der Waals surface area contributed by atoms with Gasteiger partial charge in [-0.25, -0.2) is 0 Å². The maximum atomic E-state index is 9.10. The summed E-state index contributed by atoms with van der Waals surface area (Å²) in [4.78, 5) is 0. The molecule has 1 rings (SSSR count). The van der Waals surface area contributed by atoms with Crippen LogP contribution in [-0.4, -0.2) is 44.8 Å². The zero-order chi connectivity index (χ0) is 8.59. The van der Waals surface area contributed by atoms with Crippen molar-refractivity contribution in [3.05, 3.63) is 10.6 Å². The molecule has 0 aromatic rings. The predicted molar refractivity (Wildman–Crippen MR) is 41.0 cm³/mol. The normalized spacial score (nSPS) is 45.4. The molecule has 0 radical (unpaired) electrons. The summed E-state index contributed by atoms with van der Waals surface area (Å²) < 4.78 is 0.294. The van der Waals surface area contributed by atoms with Crippen LogP contribution >= 0.6 is 15.9 Å². The van der Waals surface area contributed by atoms with E-state index in [4.69, 9.17) is 20.4 Å². The fourth-order valence-electron chi connectivity index (χ4n) is 0.912. The van der Waals surface area contributed by atoms with Crippen molar-refractivity contribution in [3.63, 3.8) is 0 Å². The van der Waals surface area contributed by atoms with E-state index >= 15 is 0 Å². The first-order valence-electron chi connectivity index (χ1n) is 3.13. The fraction of sp³-hybridized carbons (Fsp3) is 0.667. The van der Waals surface area contributed by atoms with Crippen molar-refractivity contribution in [2.24, 2.45) is 0 Å². The quantitative estimate of drug-likeness (QED) is 0.414. The molecule has 0 aliphatic heterocycles. The molecule has 0 aromatic carbocycles. The van der Waals surface area contributed by atoms with Crippen LogP contribution in [0.25, 0.3) is 0 Å². The van der Waals surface area contributed by atoms with Gasteiger partial charge < -0.3 is 20.4 Å². The second-order valence-electron chi connectivity index (χ2n) is 2.47. The Kier molecular flexibility index (Phi) is 2.66. The van der Waals surface area contributed by atoms with E-state index in [1.165, 1.54) is 6.08 Å². The van der Waals surface area contributed by atoms with Crippen LogP contribution in [0.4, 0.5) is 0 Å². The van der Waals surface area contributed by atoms with Gasteiger partial charge in [0.25, 0.3) is 0 Å². The molecule has 0 unspecified atom stereocenters. The van der Waals surface area contributed by atoms with Crippen LogP contribution in [0.3, 0.4) is 0 Å². The third-order valence-electron chi connectivity index (χ3n) is 1.64. The molecule has 4 N–H and O–H groups in total. The molecule has 0 amide bonds. The Balaban J connectivity index is 2.83. The van der Waals surface area contributed by atoms with E-state index in [2.05, 4.69) is 15.9 Å². The summed E-state index contributed by atoms with van der Waals surface area (Å²) in [5.74, 6) is 0. The molecule has 0 bridgehead atoms.